The summed E-state index contributed by atoms with van der Waals surface area (Å²) < 4.78 is 28.1. The van der Waals surface area contributed by atoms with Gasteiger partial charge in [-0.2, -0.15) is 8.78 Å². The molecule has 1 aliphatic carbocycles. The summed E-state index contributed by atoms with van der Waals surface area (Å²) in [6, 6.07) is 13.3. The van der Waals surface area contributed by atoms with Crippen LogP contribution in [0.25, 0.3) is 11.0 Å². The van der Waals surface area contributed by atoms with Crippen molar-refractivity contribution in [3.05, 3.63) is 59.9 Å². The molecule has 0 radical (unpaired) electrons. The molecule has 4 rings (SSSR count). The zero-order valence-corrected chi connectivity index (χ0v) is 16.4. The maximum atomic E-state index is 13.6. The highest BCUT2D eigenvalue weighted by Gasteiger charge is 2.29. The Morgan fingerprint density at radius 1 is 1.13 bits per heavy atom. The fraction of sp³-hybridized carbons (Fsp3) is 0.318. The van der Waals surface area contributed by atoms with Gasteiger partial charge in [0, 0.05) is 29.6 Å². The molecule has 0 bridgehead atoms. The summed E-state index contributed by atoms with van der Waals surface area (Å²) >= 11 is 0. The first-order chi connectivity index (χ1) is 14.4. The van der Waals surface area contributed by atoms with Gasteiger partial charge in [0.2, 0.25) is 5.91 Å². The van der Waals surface area contributed by atoms with Crippen LogP contribution in [0.15, 0.2) is 48.5 Å². The molecular formula is C22H22F2N4O2. The Hall–Kier alpha value is -3.29. The maximum absolute atomic E-state index is 13.6. The topological polar surface area (TPSA) is 76.0 Å². The summed E-state index contributed by atoms with van der Waals surface area (Å²) in [6.07, 6.45) is 1.84. The molecule has 1 aromatic heterocycles. The van der Waals surface area contributed by atoms with Crippen molar-refractivity contribution in [2.24, 2.45) is 5.92 Å². The summed E-state index contributed by atoms with van der Waals surface area (Å²) in [5.74, 6) is -0.395. The minimum Gasteiger partial charge on any atom is -0.351 e. The number of halogens is 2. The minimum atomic E-state index is -2.72. The third-order valence-electron chi connectivity index (χ3n) is 5.19. The average Bonchev–Trinajstić information content (AvgIpc) is 3.52. The van der Waals surface area contributed by atoms with Crippen LogP contribution in [0, 0.1) is 5.92 Å². The van der Waals surface area contributed by atoms with Crippen molar-refractivity contribution >= 4 is 28.5 Å². The summed E-state index contributed by atoms with van der Waals surface area (Å²) in [7, 11) is 0. The Morgan fingerprint density at radius 3 is 2.50 bits per heavy atom. The number of alkyl halides is 2. The number of anilines is 1. The fourth-order valence-electron chi connectivity index (χ4n) is 3.35. The normalized spacial score (nSPS) is 14.7. The highest BCUT2D eigenvalue weighted by atomic mass is 19.3. The van der Waals surface area contributed by atoms with Gasteiger partial charge in [0.25, 0.3) is 5.91 Å². The minimum absolute atomic E-state index is 0.00273. The van der Waals surface area contributed by atoms with E-state index in [2.05, 4.69) is 15.6 Å². The number of nitrogens with zero attached hydrogens (tertiary/aromatic N) is 2. The van der Waals surface area contributed by atoms with E-state index in [1.807, 2.05) is 0 Å². The number of imidazole rings is 1. The van der Waals surface area contributed by atoms with E-state index in [-0.39, 0.29) is 30.1 Å². The van der Waals surface area contributed by atoms with E-state index in [4.69, 9.17) is 0 Å². The molecule has 6 nitrogen and oxygen atoms in total. The van der Waals surface area contributed by atoms with Crippen LogP contribution in [0.3, 0.4) is 0 Å². The van der Waals surface area contributed by atoms with Gasteiger partial charge in [0.05, 0.1) is 11.0 Å². The molecule has 30 heavy (non-hydrogen) atoms. The molecule has 1 heterocycles. The fourth-order valence-corrected chi connectivity index (χ4v) is 3.35. The van der Waals surface area contributed by atoms with E-state index >= 15 is 0 Å². The first-order valence-corrected chi connectivity index (χ1v) is 9.88. The van der Waals surface area contributed by atoms with Crippen molar-refractivity contribution in [3.63, 3.8) is 0 Å². The molecule has 0 saturated heterocycles. The number of carbonyl (C=O) groups is 2. The second-order valence-corrected chi connectivity index (χ2v) is 7.56. The van der Waals surface area contributed by atoms with E-state index in [1.165, 1.54) is 0 Å². The zero-order valence-electron chi connectivity index (χ0n) is 16.4. The Kier molecular flexibility index (Phi) is 5.48. The first-order valence-electron chi connectivity index (χ1n) is 9.88. The van der Waals surface area contributed by atoms with E-state index in [1.54, 1.807) is 55.5 Å². The van der Waals surface area contributed by atoms with Gasteiger partial charge in [-0.05, 0) is 49.2 Å². The molecule has 1 saturated carbocycles. The van der Waals surface area contributed by atoms with E-state index in [0.29, 0.717) is 22.3 Å². The Labute approximate surface area is 172 Å². The second kappa shape index (κ2) is 8.22. The molecule has 2 aromatic carbocycles. The highest BCUT2D eigenvalue weighted by Crippen LogP contribution is 2.30. The summed E-state index contributed by atoms with van der Waals surface area (Å²) in [4.78, 5) is 28.6. The number of hydrogen-bond acceptors (Lipinski definition) is 3. The standard InChI is InChI=1S/C22H22F2N4O2/c1-13(19-27-17-4-2-3-5-18(17)28(19)22(23)24)12-25-20(29)14-8-10-16(11-9-14)26-21(30)15-6-7-15/h2-5,8-11,13,15,22H,6-7,12H2,1H3,(H,25,29)(H,26,30)/t13-/m1/s1. The molecule has 0 spiro atoms. The predicted octanol–water partition coefficient (Wildman–Crippen LogP) is 4.31. The lowest BCUT2D eigenvalue weighted by Crippen LogP contribution is -2.28. The maximum Gasteiger partial charge on any atom is 0.320 e. The summed E-state index contributed by atoms with van der Waals surface area (Å²) in [5, 5.41) is 5.59. The molecule has 1 fully saturated rings. The quantitative estimate of drug-likeness (QED) is 0.607. The molecule has 1 aliphatic rings. The van der Waals surface area contributed by atoms with Gasteiger partial charge in [0.15, 0.2) is 0 Å². The van der Waals surface area contributed by atoms with Crippen molar-refractivity contribution in [1.29, 1.82) is 0 Å². The van der Waals surface area contributed by atoms with E-state index in [9.17, 15) is 18.4 Å². The van der Waals surface area contributed by atoms with Crippen LogP contribution in [0.5, 0.6) is 0 Å². The van der Waals surface area contributed by atoms with Crippen LogP contribution >= 0.6 is 0 Å². The van der Waals surface area contributed by atoms with Gasteiger partial charge in [-0.1, -0.05) is 19.1 Å². The number of aromatic nitrogens is 2. The van der Waals surface area contributed by atoms with Crippen LogP contribution in [-0.4, -0.2) is 27.9 Å². The molecule has 2 amide bonds. The predicted molar refractivity (Wildman–Crippen MR) is 110 cm³/mol. The van der Waals surface area contributed by atoms with Gasteiger partial charge in [-0.25, -0.2) is 4.98 Å². The number of nitrogens with one attached hydrogen (secondary N) is 2. The van der Waals surface area contributed by atoms with E-state index < -0.39 is 12.5 Å². The number of rotatable bonds is 7. The van der Waals surface area contributed by atoms with Crippen LogP contribution in [-0.2, 0) is 4.79 Å². The van der Waals surface area contributed by atoms with Crippen molar-refractivity contribution < 1.29 is 18.4 Å². The lowest BCUT2D eigenvalue weighted by atomic mass is 10.1. The van der Waals surface area contributed by atoms with Crippen LogP contribution < -0.4 is 10.6 Å². The van der Waals surface area contributed by atoms with Gasteiger partial charge in [-0.3, -0.25) is 14.2 Å². The number of amides is 2. The van der Waals surface area contributed by atoms with Crippen LogP contribution in [0.1, 0.15) is 48.4 Å². The van der Waals surface area contributed by atoms with Gasteiger partial charge >= 0.3 is 6.55 Å². The Bertz CT molecular complexity index is 1070. The molecule has 8 heteroatoms. The van der Waals surface area contributed by atoms with Crippen LogP contribution in [0.2, 0.25) is 0 Å². The molecule has 1 atom stereocenters. The molecule has 0 unspecified atom stereocenters. The first kappa shape index (κ1) is 20.0. The molecule has 2 N–H and O–H groups in total. The van der Waals surface area contributed by atoms with Gasteiger partial charge in [-0.15, -0.1) is 0 Å². The third-order valence-corrected chi connectivity index (χ3v) is 5.19. The number of carbonyl (C=O) groups excluding carboxylic acids is 2. The number of benzene rings is 2. The third kappa shape index (κ3) is 4.17. The van der Waals surface area contributed by atoms with Crippen molar-refractivity contribution in [2.45, 2.75) is 32.2 Å². The summed E-state index contributed by atoms with van der Waals surface area (Å²) in [6.45, 7) is -0.810. The summed E-state index contributed by atoms with van der Waals surface area (Å²) in [5.41, 5.74) is 1.93. The second-order valence-electron chi connectivity index (χ2n) is 7.56. The SMILES string of the molecule is C[C@H](CNC(=O)c1ccc(NC(=O)C2CC2)cc1)c1nc2ccccc2n1C(F)F. The lowest BCUT2D eigenvalue weighted by Gasteiger charge is -2.15. The smallest absolute Gasteiger partial charge is 0.320 e. The van der Waals surface area contributed by atoms with E-state index in [0.717, 1.165) is 17.4 Å². The van der Waals surface area contributed by atoms with Gasteiger partial charge in [0.1, 0.15) is 5.82 Å². The van der Waals surface area contributed by atoms with Crippen molar-refractivity contribution in [1.82, 2.24) is 14.9 Å². The number of para-hydroxylation sites is 2. The lowest BCUT2D eigenvalue weighted by molar-refractivity contribution is -0.117. The largest absolute Gasteiger partial charge is 0.351 e. The number of fused-ring (bicyclic) bond motifs is 1. The molecular weight excluding hydrogens is 390 g/mol. The van der Waals surface area contributed by atoms with Crippen molar-refractivity contribution in [3.8, 4) is 0 Å². The molecule has 156 valence electrons. The van der Waals surface area contributed by atoms with Gasteiger partial charge < -0.3 is 10.6 Å². The highest BCUT2D eigenvalue weighted by molar-refractivity contribution is 5.96. The Morgan fingerprint density at radius 2 is 1.83 bits per heavy atom. The van der Waals surface area contributed by atoms with Crippen molar-refractivity contribution in [2.75, 3.05) is 11.9 Å². The number of hydrogen-bond donors (Lipinski definition) is 2. The monoisotopic (exact) mass is 412 g/mol. The molecule has 0 aliphatic heterocycles. The zero-order chi connectivity index (χ0) is 21.3. The molecule has 3 aromatic rings. The Balaban J connectivity index is 1.40. The van der Waals surface area contributed by atoms with Crippen LogP contribution in [0.4, 0.5) is 14.5 Å². The average molecular weight is 412 g/mol.